The molecule has 6 nitrogen and oxygen atoms in total. The van der Waals surface area contributed by atoms with Crippen molar-refractivity contribution in [1.29, 1.82) is 0 Å². The summed E-state index contributed by atoms with van der Waals surface area (Å²) in [5, 5.41) is 2.42. The molecule has 2 aromatic heterocycles. The van der Waals surface area contributed by atoms with Gasteiger partial charge in [0.1, 0.15) is 11.6 Å². The van der Waals surface area contributed by atoms with E-state index in [1.807, 2.05) is 6.20 Å². The van der Waals surface area contributed by atoms with Crippen molar-refractivity contribution in [2.24, 2.45) is 5.73 Å². The SMILES string of the molecule is [NH-]CCCCc1ncc(-c2ccc3ccc(-c4ccc5nc(CCCCN)[nH]c5c4)cc3c2)[nH]1. The summed E-state index contributed by atoms with van der Waals surface area (Å²) in [7, 11) is 0. The highest BCUT2D eigenvalue weighted by Gasteiger charge is 2.08. The number of aryl methyl sites for hydroxylation is 2. The van der Waals surface area contributed by atoms with Crippen LogP contribution < -0.4 is 5.73 Å². The quantitative estimate of drug-likeness (QED) is 0.213. The molecule has 0 atom stereocenters. The second-order valence-electron chi connectivity index (χ2n) is 8.89. The van der Waals surface area contributed by atoms with Gasteiger partial charge < -0.3 is 21.4 Å². The van der Waals surface area contributed by atoms with Crippen molar-refractivity contribution in [2.45, 2.75) is 38.5 Å². The van der Waals surface area contributed by atoms with E-state index in [1.54, 1.807) is 0 Å². The fourth-order valence-electron chi connectivity index (χ4n) is 4.44. The molecule has 0 spiro atoms. The molecule has 5 N–H and O–H groups in total. The van der Waals surface area contributed by atoms with Crippen molar-refractivity contribution in [3.05, 3.63) is 78.2 Å². The molecule has 0 amide bonds. The number of nitrogens with one attached hydrogen (secondary N) is 3. The first-order chi connectivity index (χ1) is 16.7. The molecule has 2 heterocycles. The fraction of sp³-hybridized carbons (Fsp3) is 0.286. The maximum absolute atomic E-state index is 7.30. The number of unbranched alkanes of at least 4 members (excludes halogenated alkanes) is 2. The molecule has 174 valence electrons. The number of aromatic nitrogens is 4. The van der Waals surface area contributed by atoms with Crippen LogP contribution in [0.15, 0.2) is 60.8 Å². The van der Waals surface area contributed by atoms with E-state index >= 15 is 0 Å². The van der Waals surface area contributed by atoms with Crippen LogP contribution in [0, 0.1) is 0 Å². The Hall–Kier alpha value is -3.48. The predicted molar refractivity (Wildman–Crippen MR) is 141 cm³/mol. The summed E-state index contributed by atoms with van der Waals surface area (Å²) in [6, 6.07) is 19.6. The number of nitrogens with zero attached hydrogens (tertiary/aromatic N) is 2. The number of nitrogens with two attached hydrogens (primary N) is 1. The van der Waals surface area contributed by atoms with Crippen molar-refractivity contribution in [1.82, 2.24) is 19.9 Å². The minimum Gasteiger partial charge on any atom is -0.677 e. The molecule has 0 aliphatic rings. The van der Waals surface area contributed by atoms with Gasteiger partial charge in [-0.2, -0.15) is 6.54 Å². The number of aromatic amines is 2. The third-order valence-electron chi connectivity index (χ3n) is 6.35. The van der Waals surface area contributed by atoms with Crippen LogP contribution in [0.25, 0.3) is 49.9 Å². The average molecular weight is 452 g/mol. The van der Waals surface area contributed by atoms with Gasteiger partial charge in [-0.1, -0.05) is 36.8 Å². The van der Waals surface area contributed by atoms with Gasteiger partial charge in [0.2, 0.25) is 0 Å². The standard InChI is InChI=1S/C28H31N6/c29-13-3-1-5-27-31-18-26(34-27)22-10-8-19-7-9-20(15-23(19)16-22)21-11-12-24-25(17-21)33-28(32-24)6-2-4-14-30/h7-12,15-18,29H,1-6,13-14,30H2,(H,31,34)(H,32,33)/q-1. The lowest BCUT2D eigenvalue weighted by molar-refractivity contribution is 0.724. The Morgan fingerprint density at radius 1 is 0.735 bits per heavy atom. The van der Waals surface area contributed by atoms with E-state index < -0.39 is 0 Å². The smallest absolute Gasteiger partial charge is 0.107 e. The highest BCUT2D eigenvalue weighted by atomic mass is 14.9. The van der Waals surface area contributed by atoms with Crippen molar-refractivity contribution < 1.29 is 0 Å². The minimum absolute atomic E-state index is 0.476. The fourth-order valence-corrected chi connectivity index (χ4v) is 4.44. The Morgan fingerprint density at radius 2 is 1.47 bits per heavy atom. The zero-order valence-corrected chi connectivity index (χ0v) is 19.4. The molecule has 5 aromatic rings. The maximum atomic E-state index is 7.30. The molecule has 0 saturated heterocycles. The Kier molecular flexibility index (Phi) is 6.70. The second kappa shape index (κ2) is 10.2. The predicted octanol–water partition coefficient (Wildman–Crippen LogP) is 6.43. The lowest BCUT2D eigenvalue weighted by Gasteiger charge is -2.06. The van der Waals surface area contributed by atoms with Gasteiger partial charge in [-0.15, -0.1) is 0 Å². The van der Waals surface area contributed by atoms with Crippen molar-refractivity contribution in [3.8, 4) is 22.4 Å². The zero-order valence-electron chi connectivity index (χ0n) is 19.4. The number of imidazole rings is 2. The molecular weight excluding hydrogens is 420 g/mol. The third-order valence-corrected chi connectivity index (χ3v) is 6.35. The van der Waals surface area contributed by atoms with Crippen molar-refractivity contribution >= 4 is 21.8 Å². The molecule has 0 unspecified atom stereocenters. The van der Waals surface area contributed by atoms with Gasteiger partial charge >= 0.3 is 0 Å². The van der Waals surface area contributed by atoms with Gasteiger partial charge in [0.25, 0.3) is 0 Å². The van der Waals surface area contributed by atoms with Crippen LogP contribution in [-0.4, -0.2) is 33.0 Å². The number of hydrogen-bond donors (Lipinski definition) is 3. The van der Waals surface area contributed by atoms with E-state index in [2.05, 4.69) is 69.5 Å². The Bertz CT molecular complexity index is 1400. The van der Waals surface area contributed by atoms with E-state index in [9.17, 15) is 0 Å². The normalized spacial score (nSPS) is 11.6. The lowest BCUT2D eigenvalue weighted by atomic mass is 9.99. The third kappa shape index (κ3) is 4.88. The summed E-state index contributed by atoms with van der Waals surface area (Å²) in [6.07, 6.45) is 7.72. The average Bonchev–Trinajstić information content (AvgIpc) is 3.50. The van der Waals surface area contributed by atoms with Gasteiger partial charge in [0.15, 0.2) is 0 Å². The molecule has 0 aliphatic heterocycles. The van der Waals surface area contributed by atoms with E-state index in [-0.39, 0.29) is 0 Å². The summed E-state index contributed by atoms with van der Waals surface area (Å²) in [6.45, 7) is 1.20. The van der Waals surface area contributed by atoms with Gasteiger partial charge in [-0.3, -0.25) is 0 Å². The molecule has 3 aromatic carbocycles. The number of hydrogen-bond acceptors (Lipinski definition) is 3. The molecule has 0 aliphatic carbocycles. The van der Waals surface area contributed by atoms with Crippen LogP contribution in [0.1, 0.15) is 37.3 Å². The van der Waals surface area contributed by atoms with Crippen molar-refractivity contribution in [2.75, 3.05) is 13.1 Å². The van der Waals surface area contributed by atoms with Gasteiger partial charge in [0, 0.05) is 18.4 Å². The monoisotopic (exact) mass is 451 g/mol. The van der Waals surface area contributed by atoms with Crippen LogP contribution in [0.4, 0.5) is 0 Å². The molecule has 0 radical (unpaired) electrons. The lowest BCUT2D eigenvalue weighted by Crippen LogP contribution is -1.99. The molecule has 0 bridgehead atoms. The van der Waals surface area contributed by atoms with Crippen LogP contribution in [-0.2, 0) is 12.8 Å². The Labute approximate surface area is 199 Å². The first kappa shape index (κ1) is 22.3. The Morgan fingerprint density at radius 3 is 2.32 bits per heavy atom. The summed E-state index contributed by atoms with van der Waals surface area (Å²) in [5.41, 5.74) is 19.5. The summed E-state index contributed by atoms with van der Waals surface area (Å²) >= 11 is 0. The highest BCUT2D eigenvalue weighted by molar-refractivity contribution is 5.91. The maximum Gasteiger partial charge on any atom is 0.107 e. The summed E-state index contributed by atoms with van der Waals surface area (Å²) < 4.78 is 0. The van der Waals surface area contributed by atoms with Gasteiger partial charge in [0.05, 0.1) is 22.9 Å². The second-order valence-corrected chi connectivity index (χ2v) is 8.89. The van der Waals surface area contributed by atoms with Crippen LogP contribution in [0.2, 0.25) is 0 Å². The summed E-state index contributed by atoms with van der Waals surface area (Å²) in [4.78, 5) is 16.2. The topological polar surface area (TPSA) is 107 Å². The minimum atomic E-state index is 0.476. The number of rotatable bonds is 10. The first-order valence-electron chi connectivity index (χ1n) is 12.2. The molecule has 0 fully saturated rings. The van der Waals surface area contributed by atoms with Crippen LogP contribution in [0.3, 0.4) is 0 Å². The van der Waals surface area contributed by atoms with Crippen molar-refractivity contribution in [3.63, 3.8) is 0 Å². The molecular formula is C28H31N6-. The number of H-pyrrole nitrogens is 2. The number of fused-ring (bicyclic) bond motifs is 2. The van der Waals surface area contributed by atoms with E-state index in [1.165, 1.54) is 21.9 Å². The Balaban J connectivity index is 1.40. The van der Waals surface area contributed by atoms with E-state index in [0.717, 1.165) is 79.0 Å². The van der Waals surface area contributed by atoms with E-state index in [4.69, 9.17) is 16.5 Å². The number of benzene rings is 3. The first-order valence-corrected chi connectivity index (χ1v) is 12.2. The van der Waals surface area contributed by atoms with E-state index in [0.29, 0.717) is 6.54 Å². The zero-order chi connectivity index (χ0) is 23.3. The molecule has 34 heavy (non-hydrogen) atoms. The molecule has 0 saturated carbocycles. The van der Waals surface area contributed by atoms with Crippen LogP contribution in [0.5, 0.6) is 0 Å². The van der Waals surface area contributed by atoms with Gasteiger partial charge in [-0.05, 0) is 72.0 Å². The van der Waals surface area contributed by atoms with Crippen LogP contribution >= 0.6 is 0 Å². The largest absolute Gasteiger partial charge is 0.677 e. The van der Waals surface area contributed by atoms with Gasteiger partial charge in [-0.25, -0.2) is 9.97 Å². The highest BCUT2D eigenvalue weighted by Crippen LogP contribution is 2.29. The summed E-state index contributed by atoms with van der Waals surface area (Å²) in [5.74, 6) is 2.02. The molecule has 6 heteroatoms. The molecule has 5 rings (SSSR count).